The minimum absolute atomic E-state index is 0.0610. The fourth-order valence-electron chi connectivity index (χ4n) is 2.21. The molecule has 0 saturated carbocycles. The highest BCUT2D eigenvalue weighted by atomic mass is 16.3. The molecule has 1 aliphatic rings. The van der Waals surface area contributed by atoms with E-state index in [1.165, 1.54) is 0 Å². The number of para-hydroxylation sites is 1. The van der Waals surface area contributed by atoms with E-state index in [1.807, 2.05) is 24.3 Å². The van der Waals surface area contributed by atoms with Crippen molar-refractivity contribution in [1.29, 1.82) is 0 Å². The third-order valence-corrected chi connectivity index (χ3v) is 3.15. The summed E-state index contributed by atoms with van der Waals surface area (Å²) >= 11 is 0. The molecule has 2 aromatic rings. The van der Waals surface area contributed by atoms with Gasteiger partial charge in [0.25, 0.3) is 5.91 Å². The summed E-state index contributed by atoms with van der Waals surface area (Å²) in [5.41, 5.74) is 6.54. The number of hydrogen-bond donors (Lipinski definition) is 1. The minimum Gasteiger partial charge on any atom is -0.451 e. The molecule has 1 atom stereocenters. The third-order valence-electron chi connectivity index (χ3n) is 3.15. The molecule has 2 heterocycles. The number of nitrogens with zero attached hydrogens (tertiary/aromatic N) is 1. The number of benzene rings is 1. The average molecular weight is 230 g/mol. The highest BCUT2D eigenvalue weighted by Gasteiger charge is 2.26. The number of rotatable bonds is 1. The fourth-order valence-corrected chi connectivity index (χ4v) is 2.21. The fraction of sp³-hybridized carbons (Fsp3) is 0.308. The number of carbonyl (C=O) groups is 1. The predicted molar refractivity (Wildman–Crippen MR) is 64.7 cm³/mol. The van der Waals surface area contributed by atoms with Crippen LogP contribution in [0.3, 0.4) is 0 Å². The number of hydrogen-bond acceptors (Lipinski definition) is 3. The molecule has 1 amide bonds. The Morgan fingerprint density at radius 1 is 1.41 bits per heavy atom. The predicted octanol–water partition coefficient (Wildman–Crippen LogP) is 1.61. The summed E-state index contributed by atoms with van der Waals surface area (Å²) in [6.45, 7) is 1.34. The molecule has 2 N–H and O–H groups in total. The van der Waals surface area contributed by atoms with Crippen LogP contribution >= 0.6 is 0 Å². The molecule has 0 spiro atoms. The summed E-state index contributed by atoms with van der Waals surface area (Å²) in [6.07, 6.45) is 0.867. The lowest BCUT2D eigenvalue weighted by molar-refractivity contribution is 0.0761. The summed E-state index contributed by atoms with van der Waals surface area (Å²) in [6, 6.07) is 9.52. The molecule has 1 aromatic carbocycles. The van der Waals surface area contributed by atoms with Gasteiger partial charge in [0.15, 0.2) is 5.76 Å². The van der Waals surface area contributed by atoms with Gasteiger partial charge in [-0.05, 0) is 18.6 Å². The van der Waals surface area contributed by atoms with E-state index >= 15 is 0 Å². The van der Waals surface area contributed by atoms with E-state index in [4.69, 9.17) is 10.2 Å². The van der Waals surface area contributed by atoms with E-state index in [2.05, 4.69) is 0 Å². The third kappa shape index (κ3) is 1.80. The van der Waals surface area contributed by atoms with E-state index in [9.17, 15) is 4.79 Å². The van der Waals surface area contributed by atoms with Gasteiger partial charge in [-0.25, -0.2) is 0 Å². The van der Waals surface area contributed by atoms with Gasteiger partial charge in [0.2, 0.25) is 0 Å². The second-order valence-electron chi connectivity index (χ2n) is 4.45. The van der Waals surface area contributed by atoms with Crippen molar-refractivity contribution in [2.75, 3.05) is 13.1 Å². The molecular formula is C13H14N2O2. The summed E-state index contributed by atoms with van der Waals surface area (Å²) < 4.78 is 5.55. The van der Waals surface area contributed by atoms with Crippen LogP contribution in [0.1, 0.15) is 17.0 Å². The van der Waals surface area contributed by atoms with Gasteiger partial charge in [-0.2, -0.15) is 0 Å². The summed E-state index contributed by atoms with van der Waals surface area (Å²) in [5.74, 6) is 0.342. The molecule has 88 valence electrons. The highest BCUT2D eigenvalue weighted by molar-refractivity contribution is 5.96. The molecule has 1 saturated heterocycles. The zero-order valence-electron chi connectivity index (χ0n) is 9.43. The molecule has 0 bridgehead atoms. The molecule has 0 unspecified atom stereocenters. The lowest BCUT2D eigenvalue weighted by Gasteiger charge is -2.13. The van der Waals surface area contributed by atoms with Crippen LogP contribution in [0.2, 0.25) is 0 Å². The first-order valence-electron chi connectivity index (χ1n) is 5.77. The van der Waals surface area contributed by atoms with Crippen molar-refractivity contribution in [1.82, 2.24) is 4.90 Å². The Balaban J connectivity index is 1.90. The van der Waals surface area contributed by atoms with Crippen molar-refractivity contribution < 1.29 is 9.21 Å². The van der Waals surface area contributed by atoms with E-state index in [0.29, 0.717) is 12.3 Å². The largest absolute Gasteiger partial charge is 0.451 e. The van der Waals surface area contributed by atoms with Crippen molar-refractivity contribution in [2.24, 2.45) is 5.73 Å². The smallest absolute Gasteiger partial charge is 0.289 e. The SMILES string of the molecule is N[C@@H]1CCN(C(=O)c2cc3ccccc3o2)C1. The van der Waals surface area contributed by atoms with E-state index in [-0.39, 0.29) is 11.9 Å². The topological polar surface area (TPSA) is 59.5 Å². The zero-order chi connectivity index (χ0) is 11.8. The summed E-state index contributed by atoms with van der Waals surface area (Å²) in [7, 11) is 0. The van der Waals surface area contributed by atoms with Crippen molar-refractivity contribution in [2.45, 2.75) is 12.5 Å². The second kappa shape index (κ2) is 3.89. The number of nitrogens with two attached hydrogens (primary N) is 1. The first-order valence-corrected chi connectivity index (χ1v) is 5.77. The van der Waals surface area contributed by atoms with Gasteiger partial charge in [0, 0.05) is 24.5 Å². The highest BCUT2D eigenvalue weighted by Crippen LogP contribution is 2.21. The first kappa shape index (κ1) is 10.4. The Morgan fingerprint density at radius 2 is 2.24 bits per heavy atom. The molecule has 4 heteroatoms. The van der Waals surface area contributed by atoms with Crippen molar-refractivity contribution in [3.05, 3.63) is 36.1 Å². The van der Waals surface area contributed by atoms with Crippen molar-refractivity contribution in [3.63, 3.8) is 0 Å². The molecule has 0 aliphatic carbocycles. The summed E-state index contributed by atoms with van der Waals surface area (Å²) in [5, 5.41) is 0.958. The first-order chi connectivity index (χ1) is 8.24. The van der Waals surface area contributed by atoms with Gasteiger partial charge in [-0.1, -0.05) is 18.2 Å². The van der Waals surface area contributed by atoms with Gasteiger partial charge < -0.3 is 15.1 Å². The maximum atomic E-state index is 12.1. The van der Waals surface area contributed by atoms with Crippen LogP contribution in [-0.2, 0) is 0 Å². The van der Waals surface area contributed by atoms with Gasteiger partial charge in [0.05, 0.1) is 0 Å². The van der Waals surface area contributed by atoms with Crippen LogP contribution in [0, 0.1) is 0 Å². The lowest BCUT2D eigenvalue weighted by atomic mass is 10.2. The standard InChI is InChI=1S/C13H14N2O2/c14-10-5-6-15(8-10)13(16)12-7-9-3-1-2-4-11(9)17-12/h1-4,7,10H,5-6,8,14H2/t10-/m1/s1. The number of likely N-dealkylation sites (tertiary alicyclic amines) is 1. The maximum Gasteiger partial charge on any atom is 0.289 e. The lowest BCUT2D eigenvalue weighted by Crippen LogP contribution is -2.31. The molecular weight excluding hydrogens is 216 g/mol. The van der Waals surface area contributed by atoms with E-state index in [0.717, 1.165) is 23.9 Å². The van der Waals surface area contributed by atoms with Gasteiger partial charge in [0.1, 0.15) is 5.58 Å². The van der Waals surface area contributed by atoms with Crippen LogP contribution in [0.15, 0.2) is 34.7 Å². The average Bonchev–Trinajstić information content (AvgIpc) is 2.93. The second-order valence-corrected chi connectivity index (χ2v) is 4.45. The molecule has 17 heavy (non-hydrogen) atoms. The van der Waals surface area contributed by atoms with Gasteiger partial charge >= 0.3 is 0 Å². The number of amides is 1. The zero-order valence-corrected chi connectivity index (χ0v) is 9.43. The van der Waals surface area contributed by atoms with Crippen LogP contribution in [0.25, 0.3) is 11.0 Å². The molecule has 1 fully saturated rings. The molecule has 4 nitrogen and oxygen atoms in total. The Labute approximate surface area is 99.0 Å². The number of carbonyl (C=O) groups excluding carboxylic acids is 1. The van der Waals surface area contributed by atoms with E-state index < -0.39 is 0 Å². The van der Waals surface area contributed by atoms with Crippen molar-refractivity contribution in [3.8, 4) is 0 Å². The molecule has 3 rings (SSSR count). The van der Waals surface area contributed by atoms with Gasteiger partial charge in [-0.15, -0.1) is 0 Å². The Kier molecular flexibility index (Phi) is 2.37. The molecule has 1 aliphatic heterocycles. The minimum atomic E-state index is -0.0610. The molecule has 0 radical (unpaired) electrons. The van der Waals surface area contributed by atoms with Crippen LogP contribution in [0.5, 0.6) is 0 Å². The monoisotopic (exact) mass is 230 g/mol. The number of fused-ring (bicyclic) bond motifs is 1. The maximum absolute atomic E-state index is 12.1. The van der Waals surface area contributed by atoms with E-state index in [1.54, 1.807) is 11.0 Å². The number of furan rings is 1. The Bertz CT molecular complexity index is 528. The Morgan fingerprint density at radius 3 is 2.94 bits per heavy atom. The van der Waals surface area contributed by atoms with Crippen molar-refractivity contribution >= 4 is 16.9 Å². The van der Waals surface area contributed by atoms with Crippen LogP contribution in [-0.4, -0.2) is 29.9 Å². The molecule has 1 aromatic heterocycles. The van der Waals surface area contributed by atoms with Crippen LogP contribution < -0.4 is 5.73 Å². The van der Waals surface area contributed by atoms with Crippen LogP contribution in [0.4, 0.5) is 0 Å². The normalized spacial score (nSPS) is 20.1. The quantitative estimate of drug-likeness (QED) is 0.809. The van der Waals surface area contributed by atoms with Gasteiger partial charge in [-0.3, -0.25) is 4.79 Å². The Hall–Kier alpha value is -1.81. The summed E-state index contributed by atoms with van der Waals surface area (Å²) in [4.78, 5) is 13.9.